The molecule has 0 radical (unpaired) electrons. The average molecular weight is 486 g/mol. The van der Waals surface area contributed by atoms with Crippen LogP contribution < -0.4 is 21.7 Å². The molecular formula is C24H32ClN7O2. The summed E-state index contributed by atoms with van der Waals surface area (Å²) in [5.74, 6) is 1.12. The van der Waals surface area contributed by atoms with Gasteiger partial charge >= 0.3 is 0 Å². The second-order valence-corrected chi connectivity index (χ2v) is 9.28. The number of aromatic nitrogens is 1. The molecule has 4 heterocycles. The molecule has 5 N–H and O–H groups in total. The number of piperazine rings is 1. The molecule has 0 saturated carbocycles. The Balaban J connectivity index is 0.000000180. The number of pyridine rings is 1. The number of nitrogens with two attached hydrogens (primary N) is 2. The summed E-state index contributed by atoms with van der Waals surface area (Å²) in [5.41, 5.74) is 13.6. The minimum absolute atomic E-state index is 0.0104. The van der Waals surface area contributed by atoms with Crippen molar-refractivity contribution >= 4 is 45.8 Å². The van der Waals surface area contributed by atoms with Gasteiger partial charge in [-0.2, -0.15) is 0 Å². The van der Waals surface area contributed by atoms with Crippen molar-refractivity contribution in [2.45, 2.75) is 31.7 Å². The normalized spacial score (nSPS) is 20.4. The number of hydrogen-bond donors (Lipinski definition) is 3. The number of halogens is 1. The molecule has 2 amide bonds. The van der Waals surface area contributed by atoms with Crippen molar-refractivity contribution in [3.63, 3.8) is 0 Å². The lowest BCUT2D eigenvalue weighted by atomic mass is 10.1. The van der Waals surface area contributed by atoms with Gasteiger partial charge in [0, 0.05) is 67.9 Å². The van der Waals surface area contributed by atoms with E-state index in [-0.39, 0.29) is 17.9 Å². The average Bonchev–Trinajstić information content (AvgIpc) is 3.67. The monoisotopic (exact) mass is 485 g/mol. The van der Waals surface area contributed by atoms with Gasteiger partial charge in [0.2, 0.25) is 11.8 Å². The Kier molecular flexibility index (Phi) is 7.43. The lowest BCUT2D eigenvalue weighted by molar-refractivity contribution is -0.144. The van der Waals surface area contributed by atoms with E-state index in [1.54, 1.807) is 0 Å². The molecule has 9 nitrogen and oxygen atoms in total. The van der Waals surface area contributed by atoms with Gasteiger partial charge in [0.25, 0.3) is 0 Å². The molecule has 1 aromatic heterocycles. The molecule has 1 unspecified atom stereocenters. The number of likely N-dealkylation sites (tertiary alicyclic amines) is 1. The highest BCUT2D eigenvalue weighted by molar-refractivity contribution is 6.31. The van der Waals surface area contributed by atoms with E-state index in [0.717, 1.165) is 68.6 Å². The van der Waals surface area contributed by atoms with Crippen molar-refractivity contribution in [2.24, 2.45) is 5.73 Å². The minimum atomic E-state index is -0.0675. The van der Waals surface area contributed by atoms with E-state index in [4.69, 9.17) is 23.1 Å². The first-order valence-corrected chi connectivity index (χ1v) is 12.1. The van der Waals surface area contributed by atoms with Crippen LogP contribution in [0.1, 0.15) is 25.7 Å². The van der Waals surface area contributed by atoms with Crippen molar-refractivity contribution in [3.8, 4) is 0 Å². The zero-order valence-electron chi connectivity index (χ0n) is 19.3. The number of carbonyl (C=O) groups excluding carboxylic acids is 2. The number of anilines is 2. The summed E-state index contributed by atoms with van der Waals surface area (Å²) in [6, 6.07) is 7.57. The van der Waals surface area contributed by atoms with Crippen LogP contribution in [0.5, 0.6) is 0 Å². The number of amides is 2. The molecule has 10 heteroatoms. The van der Waals surface area contributed by atoms with Crippen LogP contribution in [0.4, 0.5) is 11.5 Å². The van der Waals surface area contributed by atoms with Crippen LogP contribution in [0.25, 0.3) is 10.9 Å². The summed E-state index contributed by atoms with van der Waals surface area (Å²) in [6.45, 7) is 8.60. The van der Waals surface area contributed by atoms with Crippen LogP contribution in [0.3, 0.4) is 0 Å². The predicted octanol–water partition coefficient (Wildman–Crippen LogP) is 1.91. The number of nitrogens with zero attached hydrogens (tertiary/aromatic N) is 4. The third-order valence-electron chi connectivity index (χ3n) is 6.34. The molecule has 182 valence electrons. The molecular weight excluding hydrogens is 454 g/mol. The summed E-state index contributed by atoms with van der Waals surface area (Å²) in [6.07, 6.45) is 3.50. The van der Waals surface area contributed by atoms with E-state index in [1.165, 1.54) is 4.90 Å². The number of imide groups is 1. The number of rotatable bonds is 3. The van der Waals surface area contributed by atoms with Gasteiger partial charge in [-0.3, -0.25) is 14.5 Å². The third kappa shape index (κ3) is 5.71. The lowest BCUT2D eigenvalue weighted by Gasteiger charge is -2.37. The topological polar surface area (TPSA) is 131 Å². The van der Waals surface area contributed by atoms with E-state index in [2.05, 4.69) is 26.7 Å². The van der Waals surface area contributed by atoms with Crippen molar-refractivity contribution < 1.29 is 9.59 Å². The first-order chi connectivity index (χ1) is 16.3. The molecule has 2 aromatic rings. The van der Waals surface area contributed by atoms with Gasteiger partial charge in [-0.15, -0.1) is 0 Å². The fraction of sp³-hybridized carbons (Fsp3) is 0.458. The summed E-state index contributed by atoms with van der Waals surface area (Å²) < 4.78 is 0. The number of carbonyl (C=O) groups is 2. The van der Waals surface area contributed by atoms with Crippen LogP contribution in [0, 0.1) is 0 Å². The highest BCUT2D eigenvalue weighted by Crippen LogP contribution is 2.30. The van der Waals surface area contributed by atoms with Crippen molar-refractivity contribution in [3.05, 3.63) is 41.7 Å². The van der Waals surface area contributed by atoms with E-state index >= 15 is 0 Å². The fourth-order valence-electron chi connectivity index (χ4n) is 4.34. The second kappa shape index (κ2) is 10.5. The van der Waals surface area contributed by atoms with Gasteiger partial charge in [-0.05, 0) is 31.0 Å². The van der Waals surface area contributed by atoms with Gasteiger partial charge < -0.3 is 26.6 Å². The van der Waals surface area contributed by atoms with Crippen LogP contribution in [-0.4, -0.2) is 71.9 Å². The largest absolute Gasteiger partial charge is 0.386 e. The van der Waals surface area contributed by atoms with Crippen LogP contribution in [-0.2, 0) is 9.59 Å². The van der Waals surface area contributed by atoms with E-state index in [1.807, 2.05) is 24.3 Å². The molecule has 0 spiro atoms. The first kappa shape index (κ1) is 24.1. The Labute approximate surface area is 204 Å². The van der Waals surface area contributed by atoms with Gasteiger partial charge in [0.05, 0.1) is 17.4 Å². The van der Waals surface area contributed by atoms with Gasteiger partial charge in [0.15, 0.2) is 0 Å². The highest BCUT2D eigenvalue weighted by Gasteiger charge is 2.35. The zero-order valence-corrected chi connectivity index (χ0v) is 20.1. The maximum Gasteiger partial charge on any atom is 0.247 e. The Morgan fingerprint density at radius 3 is 2.53 bits per heavy atom. The molecule has 3 saturated heterocycles. The van der Waals surface area contributed by atoms with Crippen molar-refractivity contribution in [1.29, 1.82) is 0 Å². The van der Waals surface area contributed by atoms with Crippen molar-refractivity contribution in [1.82, 2.24) is 20.1 Å². The van der Waals surface area contributed by atoms with Crippen LogP contribution in [0.15, 0.2) is 36.7 Å². The number of benzene rings is 1. The summed E-state index contributed by atoms with van der Waals surface area (Å²) in [5, 5.41) is 4.66. The third-order valence-corrected chi connectivity index (χ3v) is 6.58. The number of nitrogen functional groups attached to an aromatic ring is 1. The molecule has 3 aliphatic heterocycles. The van der Waals surface area contributed by atoms with Gasteiger partial charge in [-0.1, -0.05) is 24.6 Å². The molecule has 1 aromatic carbocycles. The van der Waals surface area contributed by atoms with E-state index < -0.39 is 0 Å². The SMILES string of the molecule is C=C(N)N1CCN(c2cc(N)nc3cc(Cl)ccc23)CC1.O=C1CCCCCN1C(=O)C1CN1. The van der Waals surface area contributed by atoms with Crippen LogP contribution in [0.2, 0.25) is 5.02 Å². The zero-order chi connectivity index (χ0) is 24.2. The Hall–Kier alpha value is -3.04. The smallest absolute Gasteiger partial charge is 0.247 e. The molecule has 0 bridgehead atoms. The standard InChI is InChI=1S/C15H18ClN5.C9H14N2O2/c1-10(17)20-4-6-21(7-5-20)14-9-15(18)19-13-8-11(16)2-3-12(13)14;12-8-4-2-1-3-5-11(8)9(13)7-6-10-7/h2-3,8-9H,1,4-7,17H2,(H2,18,19);7,10H,1-6H2. The quantitative estimate of drug-likeness (QED) is 0.444. The minimum Gasteiger partial charge on any atom is -0.386 e. The Bertz CT molecular complexity index is 1080. The predicted molar refractivity (Wildman–Crippen MR) is 135 cm³/mol. The maximum absolute atomic E-state index is 11.6. The second-order valence-electron chi connectivity index (χ2n) is 8.85. The number of nitrogens with one attached hydrogen (secondary N) is 1. The Morgan fingerprint density at radius 1 is 1.12 bits per heavy atom. The Morgan fingerprint density at radius 2 is 1.85 bits per heavy atom. The van der Waals surface area contributed by atoms with E-state index in [0.29, 0.717) is 29.6 Å². The molecule has 3 fully saturated rings. The maximum atomic E-state index is 11.6. The molecule has 3 aliphatic rings. The van der Waals surface area contributed by atoms with Crippen molar-refractivity contribution in [2.75, 3.05) is 49.9 Å². The molecule has 34 heavy (non-hydrogen) atoms. The number of hydrogen-bond acceptors (Lipinski definition) is 8. The summed E-state index contributed by atoms with van der Waals surface area (Å²) >= 11 is 6.04. The van der Waals surface area contributed by atoms with Gasteiger partial charge in [-0.25, -0.2) is 4.98 Å². The lowest BCUT2D eigenvalue weighted by Crippen LogP contribution is -2.47. The number of fused-ring (bicyclic) bond motifs is 1. The summed E-state index contributed by atoms with van der Waals surface area (Å²) in [7, 11) is 0. The first-order valence-electron chi connectivity index (χ1n) is 11.7. The molecule has 0 aliphatic carbocycles. The van der Waals surface area contributed by atoms with Gasteiger partial charge in [0.1, 0.15) is 5.82 Å². The molecule has 5 rings (SSSR count). The van der Waals surface area contributed by atoms with Crippen LogP contribution >= 0.6 is 11.6 Å². The molecule has 1 atom stereocenters. The van der Waals surface area contributed by atoms with E-state index in [9.17, 15) is 9.59 Å². The highest BCUT2D eigenvalue weighted by atomic mass is 35.5. The summed E-state index contributed by atoms with van der Waals surface area (Å²) in [4.78, 5) is 33.2. The fourth-order valence-corrected chi connectivity index (χ4v) is 4.50.